The van der Waals surface area contributed by atoms with Gasteiger partial charge in [0.15, 0.2) is 10.8 Å². The molecule has 1 N–H and O–H groups in total. The van der Waals surface area contributed by atoms with Crippen molar-refractivity contribution in [1.29, 1.82) is 0 Å². The zero-order valence-electron chi connectivity index (χ0n) is 17.4. The number of aromatic nitrogens is 4. The molecule has 4 aromatic rings. The second kappa shape index (κ2) is 8.95. The van der Waals surface area contributed by atoms with Crippen LogP contribution in [-0.2, 0) is 12.6 Å². The summed E-state index contributed by atoms with van der Waals surface area (Å²) in [4.78, 5) is 18.1. The van der Waals surface area contributed by atoms with Crippen molar-refractivity contribution in [3.8, 4) is 5.69 Å². The average molecular weight is 492 g/mol. The molecule has 0 radical (unpaired) electrons. The van der Waals surface area contributed by atoms with Crippen LogP contribution in [0, 0.1) is 13.8 Å². The maximum absolute atomic E-state index is 13.0. The molecule has 2 aromatic carbocycles. The Bertz CT molecular complexity index is 1330. The van der Waals surface area contributed by atoms with Gasteiger partial charge in [0.05, 0.1) is 22.6 Å². The van der Waals surface area contributed by atoms with E-state index in [1.165, 1.54) is 28.2 Å². The Balaban J connectivity index is 1.53. The van der Waals surface area contributed by atoms with Crippen LogP contribution >= 0.6 is 22.9 Å². The quantitative estimate of drug-likeness (QED) is 0.380. The van der Waals surface area contributed by atoms with Crippen LogP contribution in [0.3, 0.4) is 0 Å². The van der Waals surface area contributed by atoms with E-state index >= 15 is 0 Å². The van der Waals surface area contributed by atoms with Gasteiger partial charge in [-0.15, -0.1) is 16.4 Å². The molecule has 6 nitrogen and oxygen atoms in total. The first-order valence-corrected chi connectivity index (χ1v) is 10.9. The summed E-state index contributed by atoms with van der Waals surface area (Å²) < 4.78 is 40.3. The van der Waals surface area contributed by atoms with Crippen molar-refractivity contribution in [2.24, 2.45) is 0 Å². The molecule has 0 aliphatic carbocycles. The number of thiazole rings is 1. The predicted molar refractivity (Wildman–Crippen MR) is 120 cm³/mol. The Kier molecular flexibility index (Phi) is 6.22. The van der Waals surface area contributed by atoms with Gasteiger partial charge in [0.25, 0.3) is 5.91 Å². The first kappa shape index (κ1) is 22.9. The van der Waals surface area contributed by atoms with Gasteiger partial charge in [0.2, 0.25) is 0 Å². The molecule has 0 unspecified atom stereocenters. The minimum atomic E-state index is -4.49. The second-order valence-corrected chi connectivity index (χ2v) is 8.79. The average Bonchev–Trinajstić information content (AvgIpc) is 3.29. The van der Waals surface area contributed by atoms with E-state index in [0.717, 1.165) is 28.3 Å². The third-order valence-corrected chi connectivity index (χ3v) is 6.20. The van der Waals surface area contributed by atoms with Gasteiger partial charge >= 0.3 is 6.18 Å². The van der Waals surface area contributed by atoms with Gasteiger partial charge < -0.3 is 0 Å². The van der Waals surface area contributed by atoms with Gasteiger partial charge in [-0.05, 0) is 49.7 Å². The topological polar surface area (TPSA) is 72.7 Å². The highest BCUT2D eigenvalue weighted by Gasteiger charge is 2.31. The molecule has 0 saturated heterocycles. The molecule has 0 aliphatic rings. The van der Waals surface area contributed by atoms with Crippen molar-refractivity contribution in [2.45, 2.75) is 26.4 Å². The number of nitrogens with zero attached hydrogens (tertiary/aromatic N) is 4. The van der Waals surface area contributed by atoms with Crippen LogP contribution in [0.2, 0.25) is 5.02 Å². The number of anilines is 1. The standard InChI is InChI=1S/C22H17ClF3N5OS/c1-12-18(10-14-5-3-7-16(23)9-14)33-21(27-12)28-20(32)19-13(2)31(30-29-19)17-8-4-6-15(11-17)22(24,25)26/h3-9,11H,10H2,1-2H3,(H,27,28,32). The Morgan fingerprint density at radius 2 is 1.91 bits per heavy atom. The van der Waals surface area contributed by atoms with Gasteiger partial charge in [0, 0.05) is 16.3 Å². The summed E-state index contributed by atoms with van der Waals surface area (Å²) in [5.41, 5.74) is 1.44. The maximum atomic E-state index is 13.0. The Hall–Kier alpha value is -3.24. The summed E-state index contributed by atoms with van der Waals surface area (Å²) in [6.07, 6.45) is -3.87. The molecule has 0 fully saturated rings. The molecule has 0 aliphatic heterocycles. The first-order chi connectivity index (χ1) is 15.6. The van der Waals surface area contributed by atoms with Crippen molar-refractivity contribution < 1.29 is 18.0 Å². The number of amides is 1. The van der Waals surface area contributed by atoms with E-state index in [2.05, 4.69) is 20.6 Å². The number of carbonyl (C=O) groups excluding carboxylic acids is 1. The Morgan fingerprint density at radius 1 is 1.15 bits per heavy atom. The highest BCUT2D eigenvalue weighted by atomic mass is 35.5. The molecular formula is C22H17ClF3N5OS. The molecule has 0 atom stereocenters. The number of alkyl halides is 3. The van der Waals surface area contributed by atoms with E-state index in [4.69, 9.17) is 11.6 Å². The van der Waals surface area contributed by atoms with Crippen molar-refractivity contribution in [3.63, 3.8) is 0 Å². The van der Waals surface area contributed by atoms with E-state index < -0.39 is 17.6 Å². The molecular weight excluding hydrogens is 475 g/mol. The maximum Gasteiger partial charge on any atom is 0.416 e. The number of hydrogen-bond acceptors (Lipinski definition) is 5. The zero-order chi connectivity index (χ0) is 23.8. The van der Waals surface area contributed by atoms with Gasteiger partial charge in [-0.1, -0.05) is 35.0 Å². The molecule has 0 saturated carbocycles. The lowest BCUT2D eigenvalue weighted by molar-refractivity contribution is -0.137. The Morgan fingerprint density at radius 3 is 2.64 bits per heavy atom. The lowest BCUT2D eigenvalue weighted by atomic mass is 10.1. The fraction of sp³-hybridized carbons (Fsp3) is 0.182. The highest BCUT2D eigenvalue weighted by Crippen LogP contribution is 2.31. The summed E-state index contributed by atoms with van der Waals surface area (Å²) >= 11 is 7.38. The number of aryl methyl sites for hydroxylation is 1. The fourth-order valence-electron chi connectivity index (χ4n) is 3.23. The largest absolute Gasteiger partial charge is 0.416 e. The third kappa shape index (κ3) is 5.07. The minimum absolute atomic E-state index is 0.00310. The van der Waals surface area contributed by atoms with Gasteiger partial charge in [0.1, 0.15) is 0 Å². The van der Waals surface area contributed by atoms with Crippen molar-refractivity contribution >= 4 is 34.0 Å². The zero-order valence-corrected chi connectivity index (χ0v) is 19.0. The van der Waals surface area contributed by atoms with E-state index in [-0.39, 0.29) is 11.4 Å². The van der Waals surface area contributed by atoms with Crippen LogP contribution in [0.25, 0.3) is 5.69 Å². The molecule has 0 spiro atoms. The second-order valence-electron chi connectivity index (χ2n) is 7.27. The van der Waals surface area contributed by atoms with Crippen molar-refractivity contribution in [2.75, 3.05) is 5.32 Å². The molecule has 11 heteroatoms. The number of rotatable bonds is 5. The van der Waals surface area contributed by atoms with Crippen LogP contribution in [0.4, 0.5) is 18.3 Å². The minimum Gasteiger partial charge on any atom is -0.296 e. The summed E-state index contributed by atoms with van der Waals surface area (Å²) in [5.74, 6) is -0.547. The molecule has 0 bridgehead atoms. The molecule has 170 valence electrons. The van der Waals surface area contributed by atoms with Gasteiger partial charge in [-0.25, -0.2) is 9.67 Å². The lowest BCUT2D eigenvalue weighted by Gasteiger charge is -2.09. The number of carbonyl (C=O) groups is 1. The number of nitrogens with one attached hydrogen (secondary N) is 1. The van der Waals surface area contributed by atoms with Crippen LogP contribution in [0.15, 0.2) is 48.5 Å². The Labute approximate surface area is 196 Å². The molecule has 33 heavy (non-hydrogen) atoms. The van der Waals surface area contributed by atoms with Crippen molar-refractivity contribution in [1.82, 2.24) is 20.0 Å². The molecule has 2 heterocycles. The monoisotopic (exact) mass is 491 g/mol. The van der Waals surface area contributed by atoms with Crippen LogP contribution in [0.1, 0.15) is 37.9 Å². The van der Waals surface area contributed by atoms with Gasteiger partial charge in [-0.3, -0.25) is 10.1 Å². The van der Waals surface area contributed by atoms with Gasteiger partial charge in [-0.2, -0.15) is 13.2 Å². The normalized spacial score (nSPS) is 11.6. The first-order valence-electron chi connectivity index (χ1n) is 9.74. The predicted octanol–water partition coefficient (Wildman–Crippen LogP) is 5.86. The summed E-state index contributed by atoms with van der Waals surface area (Å²) in [5, 5.41) is 11.5. The molecule has 2 aromatic heterocycles. The number of hydrogen-bond donors (Lipinski definition) is 1. The van der Waals surface area contributed by atoms with E-state index in [1.54, 1.807) is 13.0 Å². The summed E-state index contributed by atoms with van der Waals surface area (Å²) in [6.45, 7) is 3.41. The van der Waals surface area contributed by atoms with E-state index in [1.807, 2.05) is 25.1 Å². The highest BCUT2D eigenvalue weighted by molar-refractivity contribution is 7.15. The number of halogens is 4. The lowest BCUT2D eigenvalue weighted by Crippen LogP contribution is -2.14. The third-order valence-electron chi connectivity index (χ3n) is 4.89. The molecule has 1 amide bonds. The summed E-state index contributed by atoms with van der Waals surface area (Å²) in [7, 11) is 0. The van der Waals surface area contributed by atoms with Crippen LogP contribution < -0.4 is 5.32 Å². The molecule has 4 rings (SSSR count). The van der Waals surface area contributed by atoms with Crippen molar-refractivity contribution in [3.05, 3.63) is 86.6 Å². The fourth-order valence-corrected chi connectivity index (χ4v) is 4.44. The van der Waals surface area contributed by atoms with E-state index in [0.29, 0.717) is 22.3 Å². The smallest absolute Gasteiger partial charge is 0.296 e. The number of benzene rings is 2. The van der Waals surface area contributed by atoms with Crippen LogP contribution in [-0.4, -0.2) is 25.9 Å². The SMILES string of the molecule is Cc1nc(NC(=O)c2nnn(-c3cccc(C(F)(F)F)c3)c2C)sc1Cc1cccc(Cl)c1. The van der Waals surface area contributed by atoms with Crippen LogP contribution in [0.5, 0.6) is 0 Å². The van der Waals surface area contributed by atoms with E-state index in [9.17, 15) is 18.0 Å². The summed E-state index contributed by atoms with van der Waals surface area (Å²) in [6, 6.07) is 12.2.